The second-order valence-electron chi connectivity index (χ2n) is 2.50. The molecule has 0 radical (unpaired) electrons. The highest BCUT2D eigenvalue weighted by atomic mass is 35.5. The van der Waals surface area contributed by atoms with Crippen molar-refractivity contribution in [2.24, 2.45) is 0 Å². The first kappa shape index (κ1) is 10.5. The Morgan fingerprint density at radius 2 is 1.69 bits per heavy atom. The van der Waals surface area contributed by atoms with Gasteiger partial charge in [-0.15, -0.1) is 0 Å². The summed E-state index contributed by atoms with van der Waals surface area (Å²) in [4.78, 5) is 0. The van der Waals surface area contributed by atoms with Gasteiger partial charge in [0.05, 0.1) is 10.7 Å². The summed E-state index contributed by atoms with van der Waals surface area (Å²) in [6.45, 7) is 1.65. The van der Waals surface area contributed by atoms with Crippen molar-refractivity contribution in [1.29, 1.82) is 0 Å². The van der Waals surface area contributed by atoms with Crippen LogP contribution in [0.4, 0.5) is 14.5 Å². The average molecular weight is 226 g/mol. The van der Waals surface area contributed by atoms with E-state index < -0.39 is 16.7 Å². The minimum atomic E-state index is -1.14. The van der Waals surface area contributed by atoms with Crippen LogP contribution in [0.25, 0.3) is 0 Å². The Labute approximate surface area is 84.4 Å². The maximum absolute atomic E-state index is 13.1. The Hall–Kier alpha value is -0.540. The quantitative estimate of drug-likeness (QED) is 0.443. The van der Waals surface area contributed by atoms with Crippen molar-refractivity contribution in [3.63, 3.8) is 0 Å². The zero-order chi connectivity index (χ0) is 10.2. The molecule has 5 heteroatoms. The fraction of sp³-hybridized carbons (Fsp3) is 0.250. The summed E-state index contributed by atoms with van der Waals surface area (Å²) in [5.41, 5.74) is 5.30. The molecular formula is C8H7Cl2F2N. The molecule has 0 atom stereocenters. The van der Waals surface area contributed by atoms with Crippen LogP contribution in [0.1, 0.15) is 12.5 Å². The van der Waals surface area contributed by atoms with E-state index in [9.17, 15) is 8.78 Å². The van der Waals surface area contributed by atoms with Gasteiger partial charge in [-0.1, -0.05) is 30.1 Å². The number of nitrogens with two attached hydrogens (primary N) is 1. The molecule has 0 saturated heterocycles. The summed E-state index contributed by atoms with van der Waals surface area (Å²) < 4.78 is 26.1. The van der Waals surface area contributed by atoms with Gasteiger partial charge in [-0.2, -0.15) is 0 Å². The van der Waals surface area contributed by atoms with E-state index in [1.165, 1.54) is 0 Å². The lowest BCUT2D eigenvalue weighted by Gasteiger charge is -2.09. The number of benzene rings is 1. The third-order valence-electron chi connectivity index (χ3n) is 1.74. The van der Waals surface area contributed by atoms with Crippen LogP contribution in [0.5, 0.6) is 0 Å². The molecule has 0 aromatic heterocycles. The average Bonchev–Trinajstić information content (AvgIpc) is 2.13. The Bertz CT molecular complexity index is 323. The highest BCUT2D eigenvalue weighted by Crippen LogP contribution is 2.35. The molecule has 1 aromatic rings. The first-order chi connectivity index (χ1) is 6.00. The third kappa shape index (κ3) is 1.58. The van der Waals surface area contributed by atoms with Crippen molar-refractivity contribution in [3.05, 3.63) is 27.2 Å². The van der Waals surface area contributed by atoms with Gasteiger partial charge in [0.2, 0.25) is 0 Å². The van der Waals surface area contributed by atoms with E-state index in [1.54, 1.807) is 6.92 Å². The normalized spacial score (nSPS) is 10.5. The summed E-state index contributed by atoms with van der Waals surface area (Å²) in [5, 5.41) is -0.467. The molecule has 0 heterocycles. The molecular weight excluding hydrogens is 219 g/mol. The maximum atomic E-state index is 13.1. The van der Waals surface area contributed by atoms with Crippen LogP contribution in [0.3, 0.4) is 0 Å². The van der Waals surface area contributed by atoms with Crippen molar-refractivity contribution in [2.45, 2.75) is 13.3 Å². The van der Waals surface area contributed by atoms with Crippen molar-refractivity contribution >= 4 is 28.9 Å². The minimum Gasteiger partial charge on any atom is -0.396 e. The summed E-state index contributed by atoms with van der Waals surface area (Å²) in [6.07, 6.45) is 0.267. The Kier molecular flexibility index (Phi) is 2.98. The Balaban J connectivity index is 3.56. The van der Waals surface area contributed by atoms with Crippen molar-refractivity contribution < 1.29 is 8.78 Å². The second kappa shape index (κ2) is 3.68. The summed E-state index contributed by atoms with van der Waals surface area (Å²) in [6, 6.07) is 0. The molecule has 0 aliphatic carbocycles. The molecule has 0 amide bonds. The Morgan fingerprint density at radius 3 is 2.15 bits per heavy atom. The van der Waals surface area contributed by atoms with Gasteiger partial charge in [0.15, 0.2) is 11.6 Å². The van der Waals surface area contributed by atoms with E-state index in [2.05, 4.69) is 0 Å². The van der Waals surface area contributed by atoms with Gasteiger partial charge in [-0.25, -0.2) is 8.78 Å². The van der Waals surface area contributed by atoms with Gasteiger partial charge >= 0.3 is 0 Å². The van der Waals surface area contributed by atoms with E-state index >= 15 is 0 Å². The molecule has 1 rings (SSSR count). The molecule has 0 fully saturated rings. The lowest BCUT2D eigenvalue weighted by Crippen LogP contribution is -2.01. The molecule has 0 aliphatic rings. The lowest BCUT2D eigenvalue weighted by molar-refractivity contribution is 0.501. The smallest absolute Gasteiger partial charge is 0.179 e. The number of rotatable bonds is 1. The van der Waals surface area contributed by atoms with Crippen LogP contribution in [-0.2, 0) is 6.42 Å². The molecule has 0 aliphatic heterocycles. The van der Waals surface area contributed by atoms with Crippen LogP contribution < -0.4 is 5.73 Å². The highest BCUT2D eigenvalue weighted by Gasteiger charge is 2.19. The van der Waals surface area contributed by atoms with Crippen LogP contribution >= 0.6 is 23.2 Å². The first-order valence-corrected chi connectivity index (χ1v) is 4.36. The standard InChI is InChI=1S/C8H7Cl2F2N/c1-2-3-4(9)8(13)5(10)7(12)6(3)11/h2,13H2,1H3. The molecule has 0 bridgehead atoms. The van der Waals surface area contributed by atoms with Crippen LogP contribution in [0.15, 0.2) is 0 Å². The monoisotopic (exact) mass is 225 g/mol. The molecule has 13 heavy (non-hydrogen) atoms. The topological polar surface area (TPSA) is 26.0 Å². The lowest BCUT2D eigenvalue weighted by atomic mass is 10.1. The zero-order valence-electron chi connectivity index (χ0n) is 6.80. The zero-order valence-corrected chi connectivity index (χ0v) is 8.31. The largest absolute Gasteiger partial charge is 0.396 e. The number of anilines is 1. The van der Waals surface area contributed by atoms with E-state index in [1.807, 2.05) is 0 Å². The maximum Gasteiger partial charge on any atom is 0.179 e. The van der Waals surface area contributed by atoms with Crippen molar-refractivity contribution in [2.75, 3.05) is 5.73 Å². The SMILES string of the molecule is CCc1c(F)c(F)c(Cl)c(N)c1Cl. The second-order valence-corrected chi connectivity index (χ2v) is 3.26. The van der Waals surface area contributed by atoms with Gasteiger partial charge in [0, 0.05) is 5.56 Å². The highest BCUT2D eigenvalue weighted by molar-refractivity contribution is 6.39. The van der Waals surface area contributed by atoms with Crippen LogP contribution in [0, 0.1) is 11.6 Å². The number of nitrogen functional groups attached to an aromatic ring is 1. The predicted octanol–water partition coefficient (Wildman–Crippen LogP) is 3.42. The van der Waals surface area contributed by atoms with Gasteiger partial charge in [0.25, 0.3) is 0 Å². The summed E-state index contributed by atoms with van der Waals surface area (Å²) >= 11 is 11.1. The van der Waals surface area contributed by atoms with Crippen LogP contribution in [0.2, 0.25) is 10.0 Å². The minimum absolute atomic E-state index is 0.00796. The van der Waals surface area contributed by atoms with Gasteiger partial charge in [-0.05, 0) is 6.42 Å². The van der Waals surface area contributed by atoms with E-state index in [0.717, 1.165) is 0 Å². The first-order valence-electron chi connectivity index (χ1n) is 3.61. The molecule has 1 aromatic carbocycles. The van der Waals surface area contributed by atoms with Crippen molar-refractivity contribution in [1.82, 2.24) is 0 Å². The van der Waals surface area contributed by atoms with Crippen molar-refractivity contribution in [3.8, 4) is 0 Å². The van der Waals surface area contributed by atoms with E-state index in [4.69, 9.17) is 28.9 Å². The number of hydrogen-bond acceptors (Lipinski definition) is 1. The molecule has 1 nitrogen and oxygen atoms in total. The fourth-order valence-corrected chi connectivity index (χ4v) is 1.55. The van der Waals surface area contributed by atoms with Gasteiger partial charge in [-0.3, -0.25) is 0 Å². The van der Waals surface area contributed by atoms with Gasteiger partial charge in [0.1, 0.15) is 5.02 Å². The fourth-order valence-electron chi connectivity index (χ4n) is 1.01. The summed E-state index contributed by atoms with van der Waals surface area (Å²) in [5.74, 6) is -2.16. The molecule has 0 spiro atoms. The molecule has 0 unspecified atom stereocenters. The van der Waals surface area contributed by atoms with E-state index in [0.29, 0.717) is 0 Å². The third-order valence-corrected chi connectivity index (χ3v) is 2.54. The van der Waals surface area contributed by atoms with E-state index in [-0.39, 0.29) is 22.7 Å². The Morgan fingerprint density at radius 1 is 1.15 bits per heavy atom. The van der Waals surface area contributed by atoms with Crippen LogP contribution in [-0.4, -0.2) is 0 Å². The van der Waals surface area contributed by atoms with Gasteiger partial charge < -0.3 is 5.73 Å². The molecule has 72 valence electrons. The molecule has 0 saturated carbocycles. The number of hydrogen-bond donors (Lipinski definition) is 1. The summed E-state index contributed by atoms with van der Waals surface area (Å²) in [7, 11) is 0. The number of halogens is 4. The molecule has 2 N–H and O–H groups in total. The predicted molar refractivity (Wildman–Crippen MR) is 50.2 cm³/mol.